The molecule has 1 aliphatic rings. The van der Waals surface area contributed by atoms with Crippen LogP contribution in [0.5, 0.6) is 0 Å². The number of aromatic nitrogens is 1. The first-order valence-electron chi connectivity index (χ1n) is 7.15. The van der Waals surface area contributed by atoms with Gasteiger partial charge in [0.2, 0.25) is 11.6 Å². The summed E-state index contributed by atoms with van der Waals surface area (Å²) in [6.07, 6.45) is 0. The number of carbonyl (C=O) groups is 4. The first kappa shape index (κ1) is 18.2. The predicted octanol–water partition coefficient (Wildman–Crippen LogP) is 1.30. The molecule has 0 radical (unpaired) electrons. The van der Waals surface area contributed by atoms with Gasteiger partial charge in [-0.15, -0.1) is 0 Å². The molecule has 0 spiro atoms. The number of hydrogen-bond donors (Lipinski definition) is 0. The number of Topliss-reactive ketones (excluding diaryl/α,β-unsaturated/α-hetero) is 2. The van der Waals surface area contributed by atoms with E-state index in [-0.39, 0.29) is 39.4 Å². The van der Waals surface area contributed by atoms with Crippen LogP contribution in [-0.2, 0) is 26.1 Å². The molecule has 1 heterocycles. The number of esters is 2. The van der Waals surface area contributed by atoms with E-state index in [2.05, 4.69) is 11.3 Å². The average Bonchev–Trinajstić information content (AvgIpc) is 2.91. The molecule has 0 N–H and O–H groups in total. The summed E-state index contributed by atoms with van der Waals surface area (Å²) >= 11 is 0. The summed E-state index contributed by atoms with van der Waals surface area (Å²) in [5, 5.41) is 0. The number of carbonyl (C=O) groups excluding carboxylic acids is 4. The van der Waals surface area contributed by atoms with Gasteiger partial charge in [-0.2, -0.15) is 0 Å². The highest BCUT2D eigenvalue weighted by atomic mass is 16.5. The highest BCUT2D eigenvalue weighted by Crippen LogP contribution is 2.35. The number of allylic oxidation sites excluding steroid dienone is 2. The molecule has 1 aromatic rings. The Kier molecular flexibility index (Phi) is 4.64. The monoisotopic (exact) mass is 347 g/mol. The number of ether oxygens (including phenoxy) is 3. The Labute approximate surface area is 143 Å². The van der Waals surface area contributed by atoms with Crippen LogP contribution in [0, 0.1) is 0 Å². The highest BCUT2D eigenvalue weighted by molar-refractivity contribution is 6.30. The third-order valence-electron chi connectivity index (χ3n) is 4.04. The Morgan fingerprint density at radius 3 is 2.12 bits per heavy atom. The minimum Gasteiger partial charge on any atom is -0.492 e. The van der Waals surface area contributed by atoms with Gasteiger partial charge in [0.15, 0.2) is 5.76 Å². The van der Waals surface area contributed by atoms with E-state index >= 15 is 0 Å². The number of fused-ring (bicyclic) bond motifs is 1. The van der Waals surface area contributed by atoms with Gasteiger partial charge in [0.05, 0.1) is 43.7 Å². The van der Waals surface area contributed by atoms with E-state index in [0.29, 0.717) is 0 Å². The maximum atomic E-state index is 12.8. The van der Waals surface area contributed by atoms with Crippen LogP contribution in [-0.4, -0.2) is 49.4 Å². The van der Waals surface area contributed by atoms with Crippen molar-refractivity contribution in [1.29, 1.82) is 0 Å². The van der Waals surface area contributed by atoms with Crippen LogP contribution < -0.4 is 0 Å². The standard InChI is InChI=1S/C17H17NO7/c1-7(16(21)24-5)11-10(17(22)25-6)9-12(18(11)3)13(19)8(2)15(23-4)14(9)20/h1H2,2-6H3. The largest absolute Gasteiger partial charge is 0.492 e. The molecule has 0 saturated carbocycles. The minimum absolute atomic E-state index is 0.0180. The van der Waals surface area contributed by atoms with E-state index in [1.165, 1.54) is 25.6 Å². The highest BCUT2D eigenvalue weighted by Gasteiger charge is 2.41. The van der Waals surface area contributed by atoms with E-state index in [9.17, 15) is 19.2 Å². The van der Waals surface area contributed by atoms with Crippen LogP contribution in [0.3, 0.4) is 0 Å². The van der Waals surface area contributed by atoms with Crippen LogP contribution >= 0.6 is 0 Å². The maximum Gasteiger partial charge on any atom is 0.340 e. The molecule has 8 heteroatoms. The molecular formula is C17H17NO7. The van der Waals surface area contributed by atoms with Crippen molar-refractivity contribution in [1.82, 2.24) is 4.57 Å². The molecule has 0 saturated heterocycles. The minimum atomic E-state index is -0.881. The van der Waals surface area contributed by atoms with E-state index in [1.54, 1.807) is 0 Å². The molecule has 2 rings (SSSR count). The summed E-state index contributed by atoms with van der Waals surface area (Å²) in [6, 6.07) is 0. The number of nitrogens with zero attached hydrogens (tertiary/aromatic N) is 1. The van der Waals surface area contributed by atoms with Gasteiger partial charge in [-0.3, -0.25) is 9.59 Å². The van der Waals surface area contributed by atoms with Crippen molar-refractivity contribution < 1.29 is 33.4 Å². The van der Waals surface area contributed by atoms with E-state index < -0.39 is 23.5 Å². The fourth-order valence-corrected chi connectivity index (χ4v) is 2.86. The zero-order valence-electron chi connectivity index (χ0n) is 14.5. The molecule has 0 fully saturated rings. The molecule has 132 valence electrons. The molecular weight excluding hydrogens is 330 g/mol. The first-order chi connectivity index (χ1) is 11.7. The van der Waals surface area contributed by atoms with Crippen molar-refractivity contribution in [2.45, 2.75) is 6.92 Å². The molecule has 0 aromatic carbocycles. The Morgan fingerprint density at radius 2 is 1.64 bits per heavy atom. The zero-order valence-corrected chi connectivity index (χ0v) is 14.5. The fraction of sp³-hybridized carbons (Fsp3) is 0.294. The van der Waals surface area contributed by atoms with Gasteiger partial charge in [-0.05, 0) is 6.92 Å². The van der Waals surface area contributed by atoms with Gasteiger partial charge in [-0.1, -0.05) is 6.58 Å². The molecule has 0 aliphatic heterocycles. The lowest BCUT2D eigenvalue weighted by Gasteiger charge is -2.16. The predicted molar refractivity (Wildman–Crippen MR) is 86.2 cm³/mol. The van der Waals surface area contributed by atoms with E-state index in [1.807, 2.05) is 0 Å². The Hall–Kier alpha value is -3.16. The molecule has 0 bridgehead atoms. The lowest BCUT2D eigenvalue weighted by Crippen LogP contribution is -2.24. The molecule has 0 amide bonds. The smallest absolute Gasteiger partial charge is 0.340 e. The van der Waals surface area contributed by atoms with Crippen molar-refractivity contribution in [2.75, 3.05) is 21.3 Å². The van der Waals surface area contributed by atoms with Gasteiger partial charge in [0.25, 0.3) is 0 Å². The van der Waals surface area contributed by atoms with Crippen molar-refractivity contribution >= 4 is 29.1 Å². The summed E-state index contributed by atoms with van der Waals surface area (Å²) in [4.78, 5) is 49.7. The Balaban J connectivity index is 2.91. The summed E-state index contributed by atoms with van der Waals surface area (Å²) in [5.41, 5.74) is -0.541. The second-order valence-electron chi connectivity index (χ2n) is 5.28. The zero-order chi connectivity index (χ0) is 19.0. The van der Waals surface area contributed by atoms with Gasteiger partial charge in [-0.25, -0.2) is 9.59 Å². The van der Waals surface area contributed by atoms with Crippen molar-refractivity contribution in [2.24, 2.45) is 7.05 Å². The molecule has 1 aliphatic carbocycles. The number of ketones is 2. The summed E-state index contributed by atoms with van der Waals surface area (Å²) < 4.78 is 15.7. The normalized spacial score (nSPS) is 13.5. The van der Waals surface area contributed by atoms with Crippen molar-refractivity contribution in [3.8, 4) is 0 Å². The molecule has 1 aromatic heterocycles. The van der Waals surface area contributed by atoms with Crippen LogP contribution in [0.15, 0.2) is 17.9 Å². The topological polar surface area (TPSA) is 101 Å². The Morgan fingerprint density at radius 1 is 1.04 bits per heavy atom. The van der Waals surface area contributed by atoms with Crippen molar-refractivity contribution in [3.63, 3.8) is 0 Å². The number of rotatable bonds is 4. The number of hydrogen-bond acceptors (Lipinski definition) is 7. The lowest BCUT2D eigenvalue weighted by molar-refractivity contribution is -0.133. The summed E-state index contributed by atoms with van der Waals surface area (Å²) in [7, 11) is 4.98. The second-order valence-corrected chi connectivity index (χ2v) is 5.28. The quantitative estimate of drug-likeness (QED) is 0.597. The van der Waals surface area contributed by atoms with Gasteiger partial charge >= 0.3 is 11.9 Å². The van der Waals surface area contributed by atoms with Gasteiger partial charge in [0, 0.05) is 12.6 Å². The third-order valence-corrected chi connectivity index (χ3v) is 4.04. The maximum absolute atomic E-state index is 12.8. The van der Waals surface area contributed by atoms with E-state index in [0.717, 1.165) is 14.2 Å². The fourth-order valence-electron chi connectivity index (χ4n) is 2.86. The molecule has 0 atom stereocenters. The molecule has 25 heavy (non-hydrogen) atoms. The van der Waals surface area contributed by atoms with Gasteiger partial charge < -0.3 is 18.8 Å². The van der Waals surface area contributed by atoms with Crippen LogP contribution in [0.1, 0.15) is 43.8 Å². The summed E-state index contributed by atoms with van der Waals surface area (Å²) in [6.45, 7) is 5.06. The van der Waals surface area contributed by atoms with Crippen LogP contribution in [0.25, 0.3) is 5.57 Å². The van der Waals surface area contributed by atoms with E-state index in [4.69, 9.17) is 9.47 Å². The second kappa shape index (κ2) is 6.39. The molecule has 0 unspecified atom stereocenters. The SMILES string of the molecule is C=C(C(=O)OC)c1c(C(=O)OC)c2c(n1C)C(=O)C(C)=C(OC)C2=O. The van der Waals surface area contributed by atoms with Gasteiger partial charge in [0.1, 0.15) is 5.69 Å². The Bertz CT molecular complexity index is 870. The third kappa shape index (κ3) is 2.46. The van der Waals surface area contributed by atoms with Crippen molar-refractivity contribution in [3.05, 3.63) is 40.4 Å². The summed E-state index contributed by atoms with van der Waals surface area (Å²) in [5.74, 6) is -2.99. The number of methoxy groups -OCH3 is 3. The average molecular weight is 347 g/mol. The van der Waals surface area contributed by atoms with Crippen LogP contribution in [0.2, 0.25) is 0 Å². The molecule has 8 nitrogen and oxygen atoms in total. The first-order valence-corrected chi connectivity index (χ1v) is 7.15. The van der Waals surface area contributed by atoms with Crippen LogP contribution in [0.4, 0.5) is 0 Å². The lowest BCUT2D eigenvalue weighted by atomic mass is 9.91.